The summed E-state index contributed by atoms with van der Waals surface area (Å²) in [6, 6.07) is 5.90. The van der Waals surface area contributed by atoms with Crippen molar-refractivity contribution >= 4 is 46.0 Å². The van der Waals surface area contributed by atoms with E-state index in [1.807, 2.05) is 12.1 Å². The van der Waals surface area contributed by atoms with Crippen LogP contribution in [0.15, 0.2) is 18.2 Å². The Labute approximate surface area is 127 Å². The van der Waals surface area contributed by atoms with Gasteiger partial charge in [-0.05, 0) is 48.5 Å². The van der Waals surface area contributed by atoms with E-state index >= 15 is 0 Å². The van der Waals surface area contributed by atoms with E-state index < -0.39 is 0 Å². The van der Waals surface area contributed by atoms with Gasteiger partial charge in [-0.15, -0.1) is 11.6 Å². The van der Waals surface area contributed by atoms with Gasteiger partial charge in [0.1, 0.15) is 5.82 Å². The van der Waals surface area contributed by atoms with E-state index in [0.717, 1.165) is 34.3 Å². The second-order valence-corrected chi connectivity index (χ2v) is 6.89. The molecule has 1 fully saturated rings. The number of thioether (sulfide) groups is 1. The maximum absolute atomic E-state index is 6.04. The van der Waals surface area contributed by atoms with Crippen molar-refractivity contribution in [2.24, 2.45) is 5.92 Å². The van der Waals surface area contributed by atoms with E-state index in [9.17, 15) is 0 Å². The van der Waals surface area contributed by atoms with E-state index in [1.54, 1.807) is 0 Å². The molecule has 0 aliphatic carbocycles. The minimum atomic E-state index is 0.452. The summed E-state index contributed by atoms with van der Waals surface area (Å²) < 4.78 is 2.28. The van der Waals surface area contributed by atoms with Crippen molar-refractivity contribution < 1.29 is 0 Å². The standard InChI is InChI=1S/C14H16Cl2N2S/c15-8-14-17-12-7-11(16)1-2-13(12)18(14)9-10-3-5-19-6-4-10/h1-2,7,10H,3-6,8-9H2. The SMILES string of the molecule is ClCc1nc2cc(Cl)ccc2n1CC1CCSCC1. The molecule has 2 nitrogen and oxygen atoms in total. The summed E-state index contributed by atoms with van der Waals surface area (Å²) in [6.45, 7) is 1.03. The highest BCUT2D eigenvalue weighted by molar-refractivity contribution is 7.99. The number of nitrogens with zero attached hydrogens (tertiary/aromatic N) is 2. The average molecular weight is 315 g/mol. The molecule has 3 rings (SSSR count). The molecule has 2 aromatic rings. The Morgan fingerprint density at radius 3 is 2.84 bits per heavy atom. The molecule has 1 aromatic carbocycles. The first-order valence-corrected chi connectivity index (χ1v) is 8.63. The molecule has 2 heterocycles. The lowest BCUT2D eigenvalue weighted by atomic mass is 10.0. The molecule has 0 spiro atoms. The first-order chi connectivity index (χ1) is 9.28. The number of imidazole rings is 1. The fourth-order valence-electron chi connectivity index (χ4n) is 2.65. The first kappa shape index (κ1) is 13.6. The number of fused-ring (bicyclic) bond motifs is 1. The molecule has 0 radical (unpaired) electrons. The fourth-order valence-corrected chi connectivity index (χ4v) is 4.22. The zero-order chi connectivity index (χ0) is 13.2. The van der Waals surface area contributed by atoms with Crippen LogP contribution in [0.3, 0.4) is 0 Å². The van der Waals surface area contributed by atoms with E-state index in [2.05, 4.69) is 27.4 Å². The molecular weight excluding hydrogens is 299 g/mol. The third kappa shape index (κ3) is 2.88. The molecule has 0 amide bonds. The van der Waals surface area contributed by atoms with Crippen LogP contribution in [0.5, 0.6) is 0 Å². The highest BCUT2D eigenvalue weighted by atomic mass is 35.5. The Morgan fingerprint density at radius 2 is 2.11 bits per heavy atom. The molecule has 1 aromatic heterocycles. The zero-order valence-electron chi connectivity index (χ0n) is 10.6. The van der Waals surface area contributed by atoms with Crippen LogP contribution in [-0.4, -0.2) is 21.1 Å². The van der Waals surface area contributed by atoms with Crippen molar-refractivity contribution in [3.05, 3.63) is 29.0 Å². The maximum Gasteiger partial charge on any atom is 0.124 e. The second kappa shape index (κ2) is 5.94. The van der Waals surface area contributed by atoms with E-state index in [0.29, 0.717) is 5.88 Å². The third-order valence-corrected chi connectivity index (χ3v) is 5.21. The summed E-state index contributed by atoms with van der Waals surface area (Å²) in [5.74, 6) is 4.71. The van der Waals surface area contributed by atoms with Crippen LogP contribution in [0.4, 0.5) is 0 Å². The molecule has 1 aliphatic heterocycles. The van der Waals surface area contributed by atoms with Gasteiger partial charge in [0.15, 0.2) is 0 Å². The lowest BCUT2D eigenvalue weighted by Crippen LogP contribution is -2.17. The van der Waals surface area contributed by atoms with Crippen LogP contribution >= 0.6 is 35.0 Å². The number of benzene rings is 1. The summed E-state index contributed by atoms with van der Waals surface area (Å²) in [5.41, 5.74) is 2.10. The van der Waals surface area contributed by atoms with Gasteiger partial charge < -0.3 is 4.57 Å². The van der Waals surface area contributed by atoms with Crippen LogP contribution in [0.1, 0.15) is 18.7 Å². The minimum Gasteiger partial charge on any atom is -0.327 e. The number of halogens is 2. The summed E-state index contributed by atoms with van der Waals surface area (Å²) in [7, 11) is 0. The quantitative estimate of drug-likeness (QED) is 0.772. The highest BCUT2D eigenvalue weighted by Gasteiger charge is 2.18. The molecule has 0 saturated carbocycles. The smallest absolute Gasteiger partial charge is 0.124 e. The monoisotopic (exact) mass is 314 g/mol. The van der Waals surface area contributed by atoms with Crippen LogP contribution in [0.25, 0.3) is 11.0 Å². The lowest BCUT2D eigenvalue weighted by Gasteiger charge is -2.22. The summed E-state index contributed by atoms with van der Waals surface area (Å²) in [6.07, 6.45) is 2.58. The third-order valence-electron chi connectivity index (χ3n) is 3.69. The van der Waals surface area contributed by atoms with Crippen molar-refractivity contribution in [1.29, 1.82) is 0 Å². The van der Waals surface area contributed by atoms with Crippen LogP contribution in [-0.2, 0) is 12.4 Å². The molecule has 0 N–H and O–H groups in total. The van der Waals surface area contributed by atoms with Gasteiger partial charge in [-0.1, -0.05) is 11.6 Å². The Bertz CT molecular complexity index is 576. The molecule has 1 aliphatic rings. The molecule has 5 heteroatoms. The molecule has 0 atom stereocenters. The average Bonchev–Trinajstić information content (AvgIpc) is 2.77. The molecule has 0 unspecified atom stereocenters. The van der Waals surface area contributed by atoms with Crippen molar-refractivity contribution in [2.75, 3.05) is 11.5 Å². The minimum absolute atomic E-state index is 0.452. The van der Waals surface area contributed by atoms with Crippen LogP contribution in [0, 0.1) is 5.92 Å². The fraction of sp³-hybridized carbons (Fsp3) is 0.500. The molecule has 19 heavy (non-hydrogen) atoms. The van der Waals surface area contributed by atoms with Crippen LogP contribution in [0.2, 0.25) is 5.02 Å². The van der Waals surface area contributed by atoms with Gasteiger partial charge in [0.25, 0.3) is 0 Å². The summed E-state index contributed by atoms with van der Waals surface area (Å²) in [4.78, 5) is 4.60. The van der Waals surface area contributed by atoms with Crippen molar-refractivity contribution in [2.45, 2.75) is 25.3 Å². The van der Waals surface area contributed by atoms with E-state index in [1.165, 1.54) is 24.3 Å². The maximum atomic E-state index is 6.04. The Morgan fingerprint density at radius 1 is 1.32 bits per heavy atom. The van der Waals surface area contributed by atoms with Crippen molar-refractivity contribution in [3.8, 4) is 0 Å². The first-order valence-electron chi connectivity index (χ1n) is 6.56. The largest absolute Gasteiger partial charge is 0.327 e. The van der Waals surface area contributed by atoms with Gasteiger partial charge in [0, 0.05) is 11.6 Å². The molecule has 1 saturated heterocycles. The topological polar surface area (TPSA) is 17.8 Å². The predicted octanol–water partition coefficient (Wildman–Crippen LogP) is 4.57. The van der Waals surface area contributed by atoms with Crippen molar-refractivity contribution in [3.63, 3.8) is 0 Å². The van der Waals surface area contributed by atoms with Gasteiger partial charge in [0.2, 0.25) is 0 Å². The molecule has 102 valence electrons. The van der Waals surface area contributed by atoms with Gasteiger partial charge >= 0.3 is 0 Å². The van der Waals surface area contributed by atoms with Crippen LogP contribution < -0.4 is 0 Å². The zero-order valence-corrected chi connectivity index (χ0v) is 12.9. The number of hydrogen-bond donors (Lipinski definition) is 0. The number of rotatable bonds is 3. The molecule has 0 bridgehead atoms. The normalized spacial score (nSPS) is 17.2. The van der Waals surface area contributed by atoms with Gasteiger partial charge in [-0.2, -0.15) is 11.8 Å². The Hall–Kier alpha value is -0.380. The number of aromatic nitrogens is 2. The number of hydrogen-bond acceptors (Lipinski definition) is 2. The molecular formula is C14H16Cl2N2S. The summed E-state index contributed by atoms with van der Waals surface area (Å²) >= 11 is 14.1. The highest BCUT2D eigenvalue weighted by Crippen LogP contribution is 2.28. The van der Waals surface area contributed by atoms with E-state index in [-0.39, 0.29) is 0 Å². The Kier molecular flexibility index (Phi) is 4.25. The number of alkyl halides is 1. The van der Waals surface area contributed by atoms with Gasteiger partial charge in [0.05, 0.1) is 16.9 Å². The van der Waals surface area contributed by atoms with Crippen molar-refractivity contribution in [1.82, 2.24) is 9.55 Å². The second-order valence-electron chi connectivity index (χ2n) is 4.96. The Balaban J connectivity index is 1.95. The predicted molar refractivity (Wildman–Crippen MR) is 84.3 cm³/mol. The van der Waals surface area contributed by atoms with Gasteiger partial charge in [-0.25, -0.2) is 4.98 Å². The lowest BCUT2D eigenvalue weighted by molar-refractivity contribution is 0.417. The van der Waals surface area contributed by atoms with E-state index in [4.69, 9.17) is 23.2 Å². The summed E-state index contributed by atoms with van der Waals surface area (Å²) in [5, 5.41) is 0.729. The van der Waals surface area contributed by atoms with Gasteiger partial charge in [-0.3, -0.25) is 0 Å².